The molecule has 2 heterocycles. The first-order chi connectivity index (χ1) is 12.2. The normalized spacial score (nSPS) is 25.4. The number of nitrogens with zero attached hydrogens (tertiary/aromatic N) is 2. The predicted octanol–water partition coefficient (Wildman–Crippen LogP) is 3.14. The van der Waals surface area contributed by atoms with E-state index in [2.05, 4.69) is 23.1 Å². The maximum Gasteiger partial charge on any atom is 0.223 e. The van der Waals surface area contributed by atoms with E-state index < -0.39 is 0 Å². The van der Waals surface area contributed by atoms with Gasteiger partial charge in [-0.2, -0.15) is 0 Å². The smallest absolute Gasteiger partial charge is 0.223 e. The Morgan fingerprint density at radius 1 is 0.920 bits per heavy atom. The SMILES string of the molecule is O=C(CCC(=O)N1CCC2CCCCC21)N1CCc2ccccc2C1. The second-order valence-corrected chi connectivity index (χ2v) is 7.82. The zero-order valence-electron chi connectivity index (χ0n) is 15.0. The minimum Gasteiger partial charge on any atom is -0.339 e. The summed E-state index contributed by atoms with van der Waals surface area (Å²) >= 11 is 0. The van der Waals surface area contributed by atoms with E-state index in [1.54, 1.807) is 0 Å². The molecule has 2 fully saturated rings. The van der Waals surface area contributed by atoms with Gasteiger partial charge in [-0.15, -0.1) is 0 Å². The van der Waals surface area contributed by atoms with Crippen LogP contribution in [0.1, 0.15) is 56.1 Å². The summed E-state index contributed by atoms with van der Waals surface area (Å²) in [5.41, 5.74) is 2.60. The van der Waals surface area contributed by atoms with Gasteiger partial charge in [0, 0.05) is 38.5 Å². The van der Waals surface area contributed by atoms with E-state index in [0.717, 1.165) is 32.4 Å². The van der Waals surface area contributed by atoms with Gasteiger partial charge in [0.25, 0.3) is 0 Å². The van der Waals surface area contributed by atoms with Crippen molar-refractivity contribution in [2.45, 2.75) is 64.0 Å². The Kier molecular flexibility index (Phi) is 4.78. The minimum atomic E-state index is 0.127. The lowest BCUT2D eigenvalue weighted by atomic mass is 9.85. The van der Waals surface area contributed by atoms with Crippen LogP contribution in [0, 0.1) is 5.92 Å². The molecule has 0 aromatic heterocycles. The first-order valence-corrected chi connectivity index (χ1v) is 9.86. The van der Waals surface area contributed by atoms with Gasteiger partial charge in [-0.1, -0.05) is 37.1 Å². The molecule has 1 saturated heterocycles. The fourth-order valence-electron chi connectivity index (χ4n) is 4.94. The van der Waals surface area contributed by atoms with Crippen LogP contribution in [0.3, 0.4) is 0 Å². The molecule has 2 unspecified atom stereocenters. The van der Waals surface area contributed by atoms with Crippen LogP contribution in [0.15, 0.2) is 24.3 Å². The molecule has 1 saturated carbocycles. The zero-order chi connectivity index (χ0) is 17.2. The zero-order valence-corrected chi connectivity index (χ0v) is 15.0. The molecule has 1 aromatic carbocycles. The van der Waals surface area contributed by atoms with Crippen LogP contribution in [0.4, 0.5) is 0 Å². The summed E-state index contributed by atoms with van der Waals surface area (Å²) in [6.45, 7) is 2.37. The number of hydrogen-bond acceptors (Lipinski definition) is 2. The monoisotopic (exact) mass is 340 g/mol. The fraction of sp³-hybridized carbons (Fsp3) is 0.619. The number of carbonyl (C=O) groups excluding carboxylic acids is 2. The molecule has 1 aromatic rings. The Morgan fingerprint density at radius 3 is 2.56 bits per heavy atom. The molecule has 0 spiro atoms. The Balaban J connectivity index is 1.30. The highest BCUT2D eigenvalue weighted by atomic mass is 16.2. The van der Waals surface area contributed by atoms with Crippen LogP contribution < -0.4 is 0 Å². The number of rotatable bonds is 3. The van der Waals surface area contributed by atoms with Crippen LogP contribution in [0.25, 0.3) is 0 Å². The third-order valence-electron chi connectivity index (χ3n) is 6.37. The van der Waals surface area contributed by atoms with Crippen LogP contribution in [0.2, 0.25) is 0 Å². The van der Waals surface area contributed by atoms with Crippen LogP contribution in [-0.4, -0.2) is 40.7 Å². The molecule has 0 bridgehead atoms. The summed E-state index contributed by atoms with van der Waals surface area (Å²) in [7, 11) is 0. The largest absolute Gasteiger partial charge is 0.339 e. The molecule has 0 radical (unpaired) electrons. The van der Waals surface area contributed by atoms with Gasteiger partial charge in [0.15, 0.2) is 0 Å². The number of fused-ring (bicyclic) bond motifs is 2. The number of amides is 2. The van der Waals surface area contributed by atoms with Crippen molar-refractivity contribution in [3.05, 3.63) is 35.4 Å². The summed E-state index contributed by atoms with van der Waals surface area (Å²) in [5, 5.41) is 0. The Bertz CT molecular complexity index is 657. The van der Waals surface area contributed by atoms with Crippen molar-refractivity contribution in [3.63, 3.8) is 0 Å². The van der Waals surface area contributed by atoms with E-state index in [4.69, 9.17) is 0 Å². The molecule has 4 nitrogen and oxygen atoms in total. The van der Waals surface area contributed by atoms with Crippen LogP contribution in [-0.2, 0) is 22.6 Å². The number of likely N-dealkylation sites (tertiary alicyclic amines) is 1. The molecule has 25 heavy (non-hydrogen) atoms. The molecule has 2 atom stereocenters. The van der Waals surface area contributed by atoms with Crippen molar-refractivity contribution in [3.8, 4) is 0 Å². The van der Waals surface area contributed by atoms with Gasteiger partial charge in [0.05, 0.1) is 0 Å². The van der Waals surface area contributed by atoms with E-state index in [1.165, 1.54) is 30.4 Å². The van der Waals surface area contributed by atoms with E-state index in [9.17, 15) is 9.59 Å². The quantitative estimate of drug-likeness (QED) is 0.848. The highest BCUT2D eigenvalue weighted by Crippen LogP contribution is 2.36. The molecule has 4 rings (SSSR count). The van der Waals surface area contributed by atoms with Crippen molar-refractivity contribution >= 4 is 11.8 Å². The fourth-order valence-corrected chi connectivity index (χ4v) is 4.94. The Labute approximate surface area is 150 Å². The highest BCUT2D eigenvalue weighted by molar-refractivity contribution is 5.84. The maximum absolute atomic E-state index is 12.6. The Hall–Kier alpha value is -1.84. The summed E-state index contributed by atoms with van der Waals surface area (Å²) in [4.78, 5) is 29.2. The summed E-state index contributed by atoms with van der Waals surface area (Å²) in [5.74, 6) is 1.04. The van der Waals surface area contributed by atoms with E-state index >= 15 is 0 Å². The average molecular weight is 340 g/mol. The summed E-state index contributed by atoms with van der Waals surface area (Å²) in [6, 6.07) is 8.80. The van der Waals surface area contributed by atoms with Crippen molar-refractivity contribution in [2.24, 2.45) is 5.92 Å². The lowest BCUT2D eigenvalue weighted by molar-refractivity contribution is -0.138. The van der Waals surface area contributed by atoms with Gasteiger partial charge in [-0.25, -0.2) is 0 Å². The van der Waals surface area contributed by atoms with Gasteiger partial charge < -0.3 is 9.80 Å². The third kappa shape index (κ3) is 3.44. The van der Waals surface area contributed by atoms with Crippen molar-refractivity contribution in [1.82, 2.24) is 9.80 Å². The topological polar surface area (TPSA) is 40.6 Å². The molecular formula is C21H28N2O2. The first-order valence-electron chi connectivity index (χ1n) is 9.86. The Morgan fingerprint density at radius 2 is 1.68 bits per heavy atom. The minimum absolute atomic E-state index is 0.127. The number of benzene rings is 1. The van der Waals surface area contributed by atoms with E-state index in [1.807, 2.05) is 11.0 Å². The molecule has 4 heteroatoms. The molecule has 3 aliphatic rings. The highest BCUT2D eigenvalue weighted by Gasteiger charge is 2.38. The van der Waals surface area contributed by atoms with Crippen LogP contribution >= 0.6 is 0 Å². The molecule has 1 aliphatic carbocycles. The predicted molar refractivity (Wildman–Crippen MR) is 96.9 cm³/mol. The average Bonchev–Trinajstić information content (AvgIpc) is 3.09. The second-order valence-electron chi connectivity index (χ2n) is 7.82. The lowest BCUT2D eigenvalue weighted by Crippen LogP contribution is -2.40. The second kappa shape index (κ2) is 7.19. The summed E-state index contributed by atoms with van der Waals surface area (Å²) in [6.07, 6.45) is 7.82. The van der Waals surface area contributed by atoms with Gasteiger partial charge in [0.2, 0.25) is 11.8 Å². The molecule has 2 aliphatic heterocycles. The maximum atomic E-state index is 12.6. The standard InChI is InChI=1S/C21H28N2O2/c24-20(22-13-11-16-5-1-2-7-18(16)15-22)9-10-21(25)23-14-12-17-6-3-4-8-19(17)23/h1-2,5,7,17,19H,3-4,6,8-15H2. The number of hydrogen-bond donors (Lipinski definition) is 0. The van der Waals surface area contributed by atoms with Gasteiger partial charge >= 0.3 is 0 Å². The van der Waals surface area contributed by atoms with Crippen molar-refractivity contribution < 1.29 is 9.59 Å². The van der Waals surface area contributed by atoms with Gasteiger partial charge in [0.1, 0.15) is 0 Å². The molecule has 134 valence electrons. The first kappa shape index (κ1) is 16.6. The van der Waals surface area contributed by atoms with Crippen LogP contribution in [0.5, 0.6) is 0 Å². The van der Waals surface area contributed by atoms with E-state index in [-0.39, 0.29) is 11.8 Å². The molecule has 0 N–H and O–H groups in total. The van der Waals surface area contributed by atoms with Gasteiger partial charge in [-0.05, 0) is 42.7 Å². The lowest BCUT2D eigenvalue weighted by Gasteiger charge is -2.32. The van der Waals surface area contributed by atoms with Gasteiger partial charge in [-0.3, -0.25) is 9.59 Å². The molecular weight excluding hydrogens is 312 g/mol. The van der Waals surface area contributed by atoms with Crippen molar-refractivity contribution in [1.29, 1.82) is 0 Å². The van der Waals surface area contributed by atoms with E-state index in [0.29, 0.717) is 31.3 Å². The third-order valence-corrected chi connectivity index (χ3v) is 6.37. The number of carbonyl (C=O) groups is 2. The summed E-state index contributed by atoms with van der Waals surface area (Å²) < 4.78 is 0. The van der Waals surface area contributed by atoms with Crippen molar-refractivity contribution in [2.75, 3.05) is 13.1 Å². The molecule has 2 amide bonds.